The van der Waals surface area contributed by atoms with Crippen LogP contribution in [-0.4, -0.2) is 55.7 Å². The zero-order chi connectivity index (χ0) is 19.6. The van der Waals surface area contributed by atoms with Crippen molar-refractivity contribution in [3.8, 4) is 0 Å². The number of rotatable bonds is 7. The first-order chi connectivity index (χ1) is 13.8. The second-order valence-electron chi connectivity index (χ2n) is 7.82. The molecule has 0 bridgehead atoms. The molecule has 1 aliphatic carbocycles. The highest BCUT2D eigenvalue weighted by molar-refractivity contribution is 7.99. The second-order valence-corrected chi connectivity index (χ2v) is 8.92. The molecule has 6 heteroatoms. The van der Waals surface area contributed by atoms with Gasteiger partial charge in [-0.1, -0.05) is 37.5 Å². The van der Waals surface area contributed by atoms with E-state index < -0.39 is 0 Å². The summed E-state index contributed by atoms with van der Waals surface area (Å²) in [5.41, 5.74) is 0. The number of guanidine groups is 1. The van der Waals surface area contributed by atoms with Gasteiger partial charge in [-0.2, -0.15) is 0 Å². The van der Waals surface area contributed by atoms with Crippen molar-refractivity contribution in [2.45, 2.75) is 43.4 Å². The Morgan fingerprint density at radius 3 is 2.61 bits per heavy atom. The number of nitrogens with zero attached hydrogens (tertiary/aromatic N) is 2. The number of hydrogen-bond donors (Lipinski definition) is 2. The molecule has 3 rings (SSSR count). The average Bonchev–Trinajstić information content (AvgIpc) is 3.22. The van der Waals surface area contributed by atoms with Gasteiger partial charge in [0.15, 0.2) is 5.96 Å². The highest BCUT2D eigenvalue weighted by atomic mass is 32.2. The molecule has 1 unspecified atom stereocenters. The van der Waals surface area contributed by atoms with Gasteiger partial charge in [0, 0.05) is 49.8 Å². The number of amides is 1. The number of carbonyl (C=O) groups excluding carboxylic acids is 1. The number of hydrogen-bond acceptors (Lipinski definition) is 3. The first kappa shape index (κ1) is 21.0. The summed E-state index contributed by atoms with van der Waals surface area (Å²) < 4.78 is 0. The lowest BCUT2D eigenvalue weighted by molar-refractivity contribution is -0.125. The van der Waals surface area contributed by atoms with E-state index in [9.17, 15) is 4.79 Å². The molecule has 1 aliphatic heterocycles. The number of carbonyl (C=O) groups is 1. The van der Waals surface area contributed by atoms with Crippen molar-refractivity contribution in [1.82, 2.24) is 15.5 Å². The summed E-state index contributed by atoms with van der Waals surface area (Å²) in [5.74, 6) is 3.26. The van der Waals surface area contributed by atoms with E-state index in [1.54, 1.807) is 0 Å². The molecule has 1 aromatic rings. The van der Waals surface area contributed by atoms with Gasteiger partial charge in [-0.25, -0.2) is 0 Å². The van der Waals surface area contributed by atoms with Crippen molar-refractivity contribution in [3.05, 3.63) is 30.3 Å². The van der Waals surface area contributed by atoms with Crippen LogP contribution in [0.3, 0.4) is 0 Å². The fourth-order valence-electron chi connectivity index (χ4n) is 4.09. The van der Waals surface area contributed by atoms with Crippen LogP contribution in [0.1, 0.15) is 38.5 Å². The van der Waals surface area contributed by atoms with Gasteiger partial charge in [-0.15, -0.1) is 11.8 Å². The summed E-state index contributed by atoms with van der Waals surface area (Å²) in [4.78, 5) is 20.4. The van der Waals surface area contributed by atoms with Crippen LogP contribution in [0.15, 0.2) is 40.2 Å². The summed E-state index contributed by atoms with van der Waals surface area (Å²) in [6.07, 6.45) is 6.98. The van der Waals surface area contributed by atoms with Crippen LogP contribution in [0.2, 0.25) is 0 Å². The first-order valence-corrected chi connectivity index (χ1v) is 11.7. The fraction of sp³-hybridized carbons (Fsp3) is 0.636. The lowest BCUT2D eigenvalue weighted by Crippen LogP contribution is -2.44. The van der Waals surface area contributed by atoms with Crippen LogP contribution in [-0.2, 0) is 4.79 Å². The number of thioether (sulfide) groups is 1. The maximum Gasteiger partial charge on any atom is 0.223 e. The highest BCUT2D eigenvalue weighted by Gasteiger charge is 2.25. The van der Waals surface area contributed by atoms with Gasteiger partial charge in [0.25, 0.3) is 0 Å². The quantitative estimate of drug-likeness (QED) is 0.318. The number of aliphatic imine (C=N–C) groups is 1. The predicted molar refractivity (Wildman–Crippen MR) is 118 cm³/mol. The minimum absolute atomic E-state index is 0.231. The van der Waals surface area contributed by atoms with Gasteiger partial charge >= 0.3 is 0 Å². The normalized spacial score (nSPS) is 21.0. The molecular formula is C22H34N4OS. The maximum atomic E-state index is 12.2. The molecular weight excluding hydrogens is 368 g/mol. The number of likely N-dealkylation sites (tertiary alicyclic amines) is 1. The van der Waals surface area contributed by atoms with Gasteiger partial charge < -0.3 is 15.5 Å². The Hall–Kier alpha value is -1.69. The Morgan fingerprint density at radius 1 is 1.11 bits per heavy atom. The van der Waals surface area contributed by atoms with Crippen molar-refractivity contribution in [2.24, 2.45) is 16.8 Å². The van der Waals surface area contributed by atoms with Crippen molar-refractivity contribution >= 4 is 23.6 Å². The third-order valence-corrected chi connectivity index (χ3v) is 6.95. The van der Waals surface area contributed by atoms with Crippen molar-refractivity contribution < 1.29 is 4.79 Å². The third kappa shape index (κ3) is 6.43. The zero-order valence-electron chi connectivity index (χ0n) is 17.0. The Kier molecular flexibility index (Phi) is 8.52. The molecule has 1 saturated carbocycles. The van der Waals surface area contributed by atoms with E-state index in [1.165, 1.54) is 30.6 Å². The molecule has 1 heterocycles. The SMILES string of the molecule is CN=C(NCCNC(=O)C1CCCCC1)N1CCC(CSc2ccccc2)C1. The largest absolute Gasteiger partial charge is 0.354 e. The molecule has 2 fully saturated rings. The molecule has 154 valence electrons. The topological polar surface area (TPSA) is 56.7 Å². The van der Waals surface area contributed by atoms with Gasteiger partial charge in [0.1, 0.15) is 0 Å². The minimum atomic E-state index is 0.231. The average molecular weight is 403 g/mol. The van der Waals surface area contributed by atoms with E-state index in [0.29, 0.717) is 12.5 Å². The Labute approximate surface area is 173 Å². The summed E-state index contributed by atoms with van der Waals surface area (Å²) >= 11 is 1.94. The Balaban J connectivity index is 1.33. The van der Waals surface area contributed by atoms with Gasteiger partial charge in [-0.3, -0.25) is 9.79 Å². The lowest BCUT2D eigenvalue weighted by Gasteiger charge is -2.23. The molecule has 28 heavy (non-hydrogen) atoms. The van der Waals surface area contributed by atoms with Gasteiger partial charge in [0.2, 0.25) is 5.91 Å². The van der Waals surface area contributed by atoms with Gasteiger partial charge in [-0.05, 0) is 37.3 Å². The minimum Gasteiger partial charge on any atom is -0.354 e. The van der Waals surface area contributed by atoms with Crippen molar-refractivity contribution in [3.63, 3.8) is 0 Å². The van der Waals surface area contributed by atoms with Gasteiger partial charge in [0.05, 0.1) is 0 Å². The lowest BCUT2D eigenvalue weighted by atomic mass is 9.89. The Bertz CT molecular complexity index is 631. The van der Waals surface area contributed by atoms with E-state index in [-0.39, 0.29) is 11.8 Å². The van der Waals surface area contributed by atoms with Crippen LogP contribution >= 0.6 is 11.8 Å². The maximum absolute atomic E-state index is 12.2. The Morgan fingerprint density at radius 2 is 1.86 bits per heavy atom. The molecule has 2 N–H and O–H groups in total. The highest BCUT2D eigenvalue weighted by Crippen LogP contribution is 2.26. The van der Waals surface area contributed by atoms with Crippen molar-refractivity contribution in [2.75, 3.05) is 39.0 Å². The van der Waals surface area contributed by atoms with Crippen molar-refractivity contribution in [1.29, 1.82) is 0 Å². The van der Waals surface area contributed by atoms with E-state index in [1.807, 2.05) is 18.8 Å². The summed E-state index contributed by atoms with van der Waals surface area (Å²) in [6.45, 7) is 3.49. The molecule has 1 atom stereocenters. The first-order valence-electron chi connectivity index (χ1n) is 10.7. The predicted octanol–water partition coefficient (Wildman–Crippen LogP) is 3.37. The third-order valence-electron chi connectivity index (χ3n) is 5.71. The monoisotopic (exact) mass is 402 g/mol. The molecule has 0 aromatic heterocycles. The number of benzene rings is 1. The molecule has 5 nitrogen and oxygen atoms in total. The van der Waals surface area contributed by atoms with Crippen LogP contribution in [0, 0.1) is 11.8 Å². The molecule has 2 aliphatic rings. The van der Waals surface area contributed by atoms with Crippen LogP contribution in [0.25, 0.3) is 0 Å². The molecule has 1 amide bonds. The molecule has 0 spiro atoms. The molecule has 1 aromatic carbocycles. The zero-order valence-corrected chi connectivity index (χ0v) is 17.8. The summed E-state index contributed by atoms with van der Waals surface area (Å²) in [5, 5.41) is 6.51. The fourth-order valence-corrected chi connectivity index (χ4v) is 5.14. The summed E-state index contributed by atoms with van der Waals surface area (Å²) in [6, 6.07) is 10.6. The standard InChI is InChI=1S/C22H34N4OS/c1-23-22(25-14-13-24-21(27)19-8-4-2-5-9-19)26-15-12-18(16-26)17-28-20-10-6-3-7-11-20/h3,6-7,10-11,18-19H,2,4-5,8-9,12-17H2,1H3,(H,23,25)(H,24,27). The smallest absolute Gasteiger partial charge is 0.223 e. The summed E-state index contributed by atoms with van der Waals surface area (Å²) in [7, 11) is 1.84. The van der Waals surface area contributed by atoms with E-state index in [0.717, 1.165) is 44.2 Å². The van der Waals surface area contributed by atoms with E-state index >= 15 is 0 Å². The molecule has 1 saturated heterocycles. The van der Waals surface area contributed by atoms with E-state index in [4.69, 9.17) is 0 Å². The van der Waals surface area contributed by atoms with Crippen LogP contribution in [0.4, 0.5) is 0 Å². The molecule has 0 radical (unpaired) electrons. The van der Waals surface area contributed by atoms with Crippen LogP contribution in [0.5, 0.6) is 0 Å². The van der Waals surface area contributed by atoms with E-state index in [2.05, 4.69) is 50.9 Å². The number of nitrogens with one attached hydrogen (secondary N) is 2. The van der Waals surface area contributed by atoms with Crippen LogP contribution < -0.4 is 10.6 Å². The second kappa shape index (κ2) is 11.3.